The van der Waals surface area contributed by atoms with Crippen molar-refractivity contribution in [3.05, 3.63) is 22.4 Å². The summed E-state index contributed by atoms with van der Waals surface area (Å²) in [5, 5.41) is 13.3. The largest absolute Gasteiger partial charge is 0.390 e. The van der Waals surface area contributed by atoms with Crippen LogP contribution in [-0.4, -0.2) is 37.8 Å². The first-order valence-corrected chi connectivity index (χ1v) is 14.3. The molecular weight excluding hydrogens is 366 g/mol. The van der Waals surface area contributed by atoms with Gasteiger partial charge in [0.25, 0.3) is 0 Å². The van der Waals surface area contributed by atoms with Crippen molar-refractivity contribution in [2.45, 2.75) is 95.0 Å². The van der Waals surface area contributed by atoms with Gasteiger partial charge < -0.3 is 5.11 Å². The summed E-state index contributed by atoms with van der Waals surface area (Å²) in [7, 11) is 3.05. The Labute approximate surface area is 172 Å². The molecule has 4 heteroatoms. The SMILES string of the molecule is CC[Si](C#CCCCC1(O)CCC(c2cccs2)(N(C)C)CC1)(CC)CC. The summed E-state index contributed by atoms with van der Waals surface area (Å²) < 4.78 is 0. The second-order valence-electron chi connectivity index (χ2n) is 8.62. The van der Waals surface area contributed by atoms with Crippen LogP contribution >= 0.6 is 11.3 Å². The van der Waals surface area contributed by atoms with Crippen molar-refractivity contribution >= 4 is 19.4 Å². The molecule has 1 heterocycles. The smallest absolute Gasteiger partial charge is 0.137 e. The summed E-state index contributed by atoms with van der Waals surface area (Å²) >= 11 is 1.85. The molecule has 0 bridgehead atoms. The Hall–Kier alpha value is -0.603. The molecular formula is C23H39NOSSi. The van der Waals surface area contributed by atoms with E-state index in [1.54, 1.807) is 0 Å². The molecule has 0 radical (unpaired) electrons. The minimum absolute atomic E-state index is 0.106. The van der Waals surface area contributed by atoms with Crippen LogP contribution in [0.2, 0.25) is 18.1 Å². The van der Waals surface area contributed by atoms with E-state index in [1.807, 2.05) is 11.3 Å². The van der Waals surface area contributed by atoms with E-state index in [1.165, 1.54) is 23.0 Å². The molecule has 1 aliphatic carbocycles. The predicted molar refractivity (Wildman–Crippen MR) is 122 cm³/mol. The van der Waals surface area contributed by atoms with Gasteiger partial charge in [-0.2, -0.15) is 0 Å². The van der Waals surface area contributed by atoms with Crippen LogP contribution in [0.15, 0.2) is 17.5 Å². The van der Waals surface area contributed by atoms with Gasteiger partial charge >= 0.3 is 0 Å². The maximum Gasteiger partial charge on any atom is 0.137 e. The molecule has 2 rings (SSSR count). The first kappa shape index (κ1) is 22.7. The lowest BCUT2D eigenvalue weighted by Gasteiger charge is -2.47. The molecule has 152 valence electrons. The van der Waals surface area contributed by atoms with E-state index < -0.39 is 13.7 Å². The number of hydrogen-bond donors (Lipinski definition) is 1. The van der Waals surface area contributed by atoms with Gasteiger partial charge in [-0.1, -0.05) is 26.8 Å². The first-order chi connectivity index (χ1) is 12.9. The van der Waals surface area contributed by atoms with Gasteiger partial charge in [-0.05, 0) is 82.2 Å². The van der Waals surface area contributed by atoms with Gasteiger partial charge in [0, 0.05) is 11.3 Å². The lowest BCUT2D eigenvalue weighted by Crippen LogP contribution is -2.48. The molecule has 0 atom stereocenters. The Balaban J connectivity index is 1.89. The second-order valence-corrected chi connectivity index (χ2v) is 14.5. The summed E-state index contributed by atoms with van der Waals surface area (Å²) in [6, 6.07) is 8.22. The Kier molecular flexibility index (Phi) is 8.18. The molecule has 1 aromatic heterocycles. The first-order valence-electron chi connectivity index (χ1n) is 10.8. The van der Waals surface area contributed by atoms with Gasteiger partial charge in [0.2, 0.25) is 0 Å². The van der Waals surface area contributed by atoms with Gasteiger partial charge in [-0.25, -0.2) is 0 Å². The van der Waals surface area contributed by atoms with Gasteiger partial charge in [0.1, 0.15) is 8.07 Å². The summed E-state index contributed by atoms with van der Waals surface area (Å²) in [6.07, 6.45) is 6.75. The Bertz CT molecular complexity index is 608. The van der Waals surface area contributed by atoms with Crippen molar-refractivity contribution in [3.63, 3.8) is 0 Å². The van der Waals surface area contributed by atoms with E-state index in [-0.39, 0.29) is 5.54 Å². The van der Waals surface area contributed by atoms with Gasteiger partial charge in [0.15, 0.2) is 0 Å². The van der Waals surface area contributed by atoms with Gasteiger partial charge in [-0.3, -0.25) is 4.90 Å². The van der Waals surface area contributed by atoms with Crippen LogP contribution in [0.5, 0.6) is 0 Å². The highest BCUT2D eigenvalue weighted by Crippen LogP contribution is 2.47. The summed E-state index contributed by atoms with van der Waals surface area (Å²) in [4.78, 5) is 3.81. The highest BCUT2D eigenvalue weighted by molar-refractivity contribution is 7.10. The summed E-state index contributed by atoms with van der Waals surface area (Å²) in [5.41, 5.74) is 3.29. The molecule has 0 aromatic carbocycles. The number of rotatable bonds is 8. The molecule has 1 aromatic rings. The third kappa shape index (κ3) is 5.26. The van der Waals surface area contributed by atoms with Crippen LogP contribution in [0.1, 0.15) is 70.6 Å². The normalized spacial score (nSPS) is 26.0. The molecule has 1 aliphatic rings. The molecule has 2 nitrogen and oxygen atoms in total. The Morgan fingerprint density at radius 2 is 1.74 bits per heavy atom. The molecule has 1 fully saturated rings. The fourth-order valence-electron chi connectivity index (χ4n) is 4.61. The summed E-state index contributed by atoms with van der Waals surface area (Å²) in [5.74, 6) is 3.49. The molecule has 0 aliphatic heterocycles. The number of hydrogen-bond acceptors (Lipinski definition) is 3. The van der Waals surface area contributed by atoms with Gasteiger partial charge in [0.05, 0.1) is 11.1 Å². The van der Waals surface area contributed by atoms with Crippen LogP contribution in [0.3, 0.4) is 0 Å². The van der Waals surface area contributed by atoms with Crippen LogP contribution in [0, 0.1) is 11.5 Å². The Morgan fingerprint density at radius 1 is 1.11 bits per heavy atom. The highest BCUT2D eigenvalue weighted by Gasteiger charge is 2.44. The molecule has 1 saturated carbocycles. The fourth-order valence-corrected chi connectivity index (χ4v) is 8.20. The lowest BCUT2D eigenvalue weighted by molar-refractivity contribution is -0.0512. The standard InChI is InChI=1S/C23H39NOSSi/c1-6-27(7-2,8-3)20-11-9-10-14-22(25)15-17-23(18-16-22,24(4)5)21-13-12-19-26-21/h12-13,19,25H,6-10,14-18H2,1-5H3. The molecule has 1 N–H and O–H groups in total. The zero-order valence-electron chi connectivity index (χ0n) is 18.1. The quantitative estimate of drug-likeness (QED) is 0.324. The number of aliphatic hydroxyl groups is 1. The molecule has 27 heavy (non-hydrogen) atoms. The van der Waals surface area contributed by atoms with Gasteiger partial charge in [-0.15, -0.1) is 22.8 Å². The van der Waals surface area contributed by atoms with E-state index >= 15 is 0 Å². The monoisotopic (exact) mass is 405 g/mol. The molecule has 0 saturated heterocycles. The van der Waals surface area contributed by atoms with Crippen molar-refractivity contribution < 1.29 is 5.11 Å². The summed E-state index contributed by atoms with van der Waals surface area (Å²) in [6.45, 7) is 6.93. The van der Waals surface area contributed by atoms with Crippen LogP contribution in [0.4, 0.5) is 0 Å². The highest BCUT2D eigenvalue weighted by atomic mass is 32.1. The topological polar surface area (TPSA) is 23.5 Å². The van der Waals surface area contributed by atoms with E-state index in [0.717, 1.165) is 44.9 Å². The maximum atomic E-state index is 11.1. The third-order valence-corrected chi connectivity index (χ3v) is 13.0. The molecule has 0 unspecified atom stereocenters. The van der Waals surface area contributed by atoms with Crippen molar-refractivity contribution in [3.8, 4) is 11.5 Å². The van der Waals surface area contributed by atoms with E-state index in [4.69, 9.17) is 0 Å². The molecule has 0 spiro atoms. The number of thiophene rings is 1. The van der Waals surface area contributed by atoms with E-state index in [9.17, 15) is 5.11 Å². The number of nitrogens with zero attached hydrogens (tertiary/aromatic N) is 1. The zero-order chi connectivity index (χ0) is 20.0. The Morgan fingerprint density at radius 3 is 2.22 bits per heavy atom. The van der Waals surface area contributed by atoms with E-state index in [0.29, 0.717) is 0 Å². The number of unbranched alkanes of at least 4 members (excludes halogenated alkanes) is 1. The maximum absolute atomic E-state index is 11.1. The van der Waals surface area contributed by atoms with E-state index in [2.05, 4.69) is 68.7 Å². The van der Waals surface area contributed by atoms with Crippen molar-refractivity contribution in [1.82, 2.24) is 4.90 Å². The van der Waals surface area contributed by atoms with Crippen molar-refractivity contribution in [2.24, 2.45) is 0 Å². The van der Waals surface area contributed by atoms with Crippen molar-refractivity contribution in [1.29, 1.82) is 0 Å². The van der Waals surface area contributed by atoms with Crippen LogP contribution in [0.25, 0.3) is 0 Å². The fraction of sp³-hybridized carbons (Fsp3) is 0.739. The van der Waals surface area contributed by atoms with Crippen LogP contribution < -0.4 is 0 Å². The minimum Gasteiger partial charge on any atom is -0.390 e. The lowest BCUT2D eigenvalue weighted by atomic mass is 9.71. The molecule has 0 amide bonds. The zero-order valence-corrected chi connectivity index (χ0v) is 19.9. The second kappa shape index (κ2) is 9.74. The van der Waals surface area contributed by atoms with Crippen LogP contribution in [-0.2, 0) is 5.54 Å². The van der Waals surface area contributed by atoms with Crippen molar-refractivity contribution in [2.75, 3.05) is 14.1 Å². The minimum atomic E-state index is -1.32. The third-order valence-electron chi connectivity index (χ3n) is 7.17. The average molecular weight is 406 g/mol. The average Bonchev–Trinajstić information content (AvgIpc) is 3.21. The predicted octanol–water partition coefficient (Wildman–Crippen LogP) is 6.03.